The molecule has 1 aliphatic rings. The summed E-state index contributed by atoms with van der Waals surface area (Å²) in [6.07, 6.45) is 2.01. The van der Waals surface area contributed by atoms with Crippen LogP contribution in [-0.4, -0.2) is 11.6 Å². The molecule has 3 aromatic rings. The van der Waals surface area contributed by atoms with Crippen LogP contribution < -0.4 is 0 Å². The number of hydrogen-bond acceptors (Lipinski definition) is 4. The average molecular weight is 336 g/mol. The second-order valence-electron chi connectivity index (χ2n) is 6.05. The van der Waals surface area contributed by atoms with Gasteiger partial charge in [-0.2, -0.15) is 0 Å². The van der Waals surface area contributed by atoms with Crippen molar-refractivity contribution < 1.29 is 14.0 Å². The monoisotopic (exact) mass is 336 g/mol. The standard InChI is InChI=1S/C20H16O3S/c1-12-7-9-13(10-8-12)19(22)20-18(16-6-3-11-24-16)17-14(21)4-2-5-15(17)23-20/h3,6-11H,2,4-5H2,1H3. The molecule has 0 saturated carbocycles. The summed E-state index contributed by atoms with van der Waals surface area (Å²) in [7, 11) is 0. The highest BCUT2D eigenvalue weighted by Gasteiger charge is 2.32. The molecule has 1 aromatic carbocycles. The third kappa shape index (κ3) is 2.43. The Hall–Kier alpha value is -2.46. The summed E-state index contributed by atoms with van der Waals surface area (Å²) in [4.78, 5) is 26.4. The van der Waals surface area contributed by atoms with Gasteiger partial charge in [-0.3, -0.25) is 9.59 Å². The highest BCUT2D eigenvalue weighted by Crippen LogP contribution is 2.39. The van der Waals surface area contributed by atoms with Crippen molar-refractivity contribution in [1.29, 1.82) is 0 Å². The fraction of sp³-hybridized carbons (Fsp3) is 0.200. The van der Waals surface area contributed by atoms with Crippen LogP contribution in [0, 0.1) is 6.92 Å². The third-order valence-electron chi connectivity index (χ3n) is 4.36. The van der Waals surface area contributed by atoms with Crippen molar-refractivity contribution in [3.8, 4) is 10.4 Å². The fourth-order valence-electron chi connectivity index (χ4n) is 3.14. The molecule has 1 aliphatic carbocycles. The molecule has 2 heterocycles. The summed E-state index contributed by atoms with van der Waals surface area (Å²) in [6, 6.07) is 11.3. The fourth-order valence-corrected chi connectivity index (χ4v) is 3.91. The minimum Gasteiger partial charge on any atom is -0.456 e. The molecule has 0 N–H and O–H groups in total. The van der Waals surface area contributed by atoms with Crippen LogP contribution in [0.2, 0.25) is 0 Å². The lowest BCUT2D eigenvalue weighted by atomic mass is 9.91. The van der Waals surface area contributed by atoms with E-state index in [-0.39, 0.29) is 11.6 Å². The van der Waals surface area contributed by atoms with Gasteiger partial charge in [0, 0.05) is 23.3 Å². The molecule has 2 aromatic heterocycles. The van der Waals surface area contributed by atoms with Gasteiger partial charge < -0.3 is 4.42 Å². The van der Waals surface area contributed by atoms with Crippen LogP contribution in [-0.2, 0) is 6.42 Å². The Morgan fingerprint density at radius 1 is 1.08 bits per heavy atom. The number of benzene rings is 1. The molecule has 0 unspecified atom stereocenters. The first kappa shape index (κ1) is 15.1. The van der Waals surface area contributed by atoms with Gasteiger partial charge in [-0.05, 0) is 24.8 Å². The van der Waals surface area contributed by atoms with Crippen LogP contribution in [0.25, 0.3) is 10.4 Å². The molecule has 24 heavy (non-hydrogen) atoms. The highest BCUT2D eigenvalue weighted by atomic mass is 32.1. The lowest BCUT2D eigenvalue weighted by Gasteiger charge is -2.09. The second kappa shape index (κ2) is 5.87. The first-order chi connectivity index (χ1) is 11.6. The van der Waals surface area contributed by atoms with E-state index in [4.69, 9.17) is 4.42 Å². The van der Waals surface area contributed by atoms with Gasteiger partial charge in [-0.25, -0.2) is 0 Å². The minimum atomic E-state index is -0.166. The summed E-state index contributed by atoms with van der Waals surface area (Å²) in [5.74, 6) is 0.860. The van der Waals surface area contributed by atoms with Crippen LogP contribution >= 0.6 is 11.3 Å². The van der Waals surface area contributed by atoms with E-state index >= 15 is 0 Å². The normalized spacial score (nSPS) is 13.8. The first-order valence-corrected chi connectivity index (χ1v) is 8.87. The van der Waals surface area contributed by atoms with E-state index in [2.05, 4.69) is 0 Å². The molecule has 0 saturated heterocycles. The molecule has 0 radical (unpaired) electrons. The van der Waals surface area contributed by atoms with Crippen LogP contribution in [0.15, 0.2) is 46.2 Å². The summed E-state index contributed by atoms with van der Waals surface area (Å²) in [5, 5.41) is 1.95. The maximum atomic E-state index is 13.0. The van der Waals surface area contributed by atoms with Crippen LogP contribution in [0.4, 0.5) is 0 Å². The Kier molecular flexibility index (Phi) is 3.69. The Balaban J connectivity index is 1.90. The summed E-state index contributed by atoms with van der Waals surface area (Å²) >= 11 is 1.52. The van der Waals surface area contributed by atoms with Gasteiger partial charge in [0.15, 0.2) is 11.5 Å². The lowest BCUT2D eigenvalue weighted by Crippen LogP contribution is -2.09. The van der Waals surface area contributed by atoms with E-state index in [0.29, 0.717) is 41.1 Å². The van der Waals surface area contributed by atoms with Crippen molar-refractivity contribution in [3.63, 3.8) is 0 Å². The van der Waals surface area contributed by atoms with Crippen molar-refractivity contribution in [2.24, 2.45) is 0 Å². The molecule has 4 rings (SSSR count). The molecule has 120 valence electrons. The third-order valence-corrected chi connectivity index (χ3v) is 5.24. The van der Waals surface area contributed by atoms with Gasteiger partial charge in [0.2, 0.25) is 5.78 Å². The predicted octanol–water partition coefficient (Wildman–Crippen LogP) is 5.07. The largest absolute Gasteiger partial charge is 0.456 e. The van der Waals surface area contributed by atoms with Gasteiger partial charge >= 0.3 is 0 Å². The zero-order chi connectivity index (χ0) is 16.7. The maximum Gasteiger partial charge on any atom is 0.228 e. The molecule has 0 spiro atoms. The van der Waals surface area contributed by atoms with E-state index in [1.54, 1.807) is 12.1 Å². The number of Topliss-reactive ketones (excluding diaryl/α,β-unsaturated/α-hetero) is 1. The van der Waals surface area contributed by atoms with Crippen molar-refractivity contribution in [3.05, 3.63) is 70.0 Å². The number of aryl methyl sites for hydroxylation is 2. The Bertz CT molecular complexity index is 915. The summed E-state index contributed by atoms with van der Waals surface area (Å²) in [6.45, 7) is 1.98. The van der Waals surface area contributed by atoms with Crippen LogP contribution in [0.3, 0.4) is 0 Å². The van der Waals surface area contributed by atoms with Crippen molar-refractivity contribution in [1.82, 2.24) is 0 Å². The molecule has 0 bridgehead atoms. The maximum absolute atomic E-state index is 13.0. The van der Waals surface area contributed by atoms with E-state index in [9.17, 15) is 9.59 Å². The smallest absolute Gasteiger partial charge is 0.228 e. The van der Waals surface area contributed by atoms with Crippen molar-refractivity contribution >= 4 is 22.9 Å². The molecule has 0 aliphatic heterocycles. The van der Waals surface area contributed by atoms with E-state index in [1.807, 2.05) is 36.6 Å². The first-order valence-electron chi connectivity index (χ1n) is 7.99. The van der Waals surface area contributed by atoms with Crippen LogP contribution in [0.5, 0.6) is 0 Å². The van der Waals surface area contributed by atoms with Gasteiger partial charge in [0.1, 0.15) is 5.76 Å². The predicted molar refractivity (Wildman–Crippen MR) is 93.9 cm³/mol. The molecule has 0 atom stereocenters. The van der Waals surface area contributed by atoms with Gasteiger partial charge in [-0.15, -0.1) is 11.3 Å². The van der Waals surface area contributed by atoms with Gasteiger partial charge in [-0.1, -0.05) is 35.9 Å². The number of fused-ring (bicyclic) bond motifs is 1. The quantitative estimate of drug-likeness (QED) is 0.628. The molecule has 0 amide bonds. The molecule has 3 nitrogen and oxygen atoms in total. The topological polar surface area (TPSA) is 47.3 Å². The molecule has 4 heteroatoms. The van der Waals surface area contributed by atoms with E-state index in [1.165, 1.54) is 11.3 Å². The molecular formula is C20H16O3S. The van der Waals surface area contributed by atoms with Crippen molar-refractivity contribution in [2.45, 2.75) is 26.2 Å². The number of thiophene rings is 1. The number of ketones is 2. The highest BCUT2D eigenvalue weighted by molar-refractivity contribution is 7.13. The zero-order valence-corrected chi connectivity index (χ0v) is 14.1. The van der Waals surface area contributed by atoms with E-state index in [0.717, 1.165) is 16.9 Å². The van der Waals surface area contributed by atoms with Crippen LogP contribution in [0.1, 0.15) is 50.6 Å². The number of furan rings is 1. The lowest BCUT2D eigenvalue weighted by molar-refractivity contribution is 0.0965. The number of rotatable bonds is 3. The second-order valence-corrected chi connectivity index (χ2v) is 7.00. The SMILES string of the molecule is Cc1ccc(C(=O)c2oc3c(c2-c2cccs2)C(=O)CCC3)cc1. The zero-order valence-electron chi connectivity index (χ0n) is 13.3. The van der Waals surface area contributed by atoms with Crippen molar-refractivity contribution in [2.75, 3.05) is 0 Å². The Morgan fingerprint density at radius 3 is 2.58 bits per heavy atom. The van der Waals surface area contributed by atoms with E-state index < -0.39 is 0 Å². The van der Waals surface area contributed by atoms with Gasteiger partial charge in [0.25, 0.3) is 0 Å². The number of carbonyl (C=O) groups excluding carboxylic acids is 2. The summed E-state index contributed by atoms with van der Waals surface area (Å²) < 4.78 is 5.91. The summed E-state index contributed by atoms with van der Waals surface area (Å²) in [5.41, 5.74) is 2.96. The Labute approximate surface area is 143 Å². The Morgan fingerprint density at radius 2 is 1.88 bits per heavy atom. The molecular weight excluding hydrogens is 320 g/mol. The molecule has 0 fully saturated rings. The minimum absolute atomic E-state index is 0.0753. The average Bonchev–Trinajstić information content (AvgIpc) is 3.22. The van der Waals surface area contributed by atoms with Gasteiger partial charge in [0.05, 0.1) is 11.1 Å². The number of hydrogen-bond donors (Lipinski definition) is 0. The number of carbonyl (C=O) groups is 2.